The van der Waals surface area contributed by atoms with E-state index in [9.17, 15) is 9.90 Å². The second kappa shape index (κ2) is 8.93. The maximum absolute atomic E-state index is 11.7. The normalized spacial score (nSPS) is 11.2. The van der Waals surface area contributed by atoms with Crippen molar-refractivity contribution in [2.45, 2.75) is 45.4 Å². The lowest BCUT2D eigenvalue weighted by Crippen LogP contribution is -2.16. The van der Waals surface area contributed by atoms with Crippen LogP contribution in [-0.4, -0.2) is 17.2 Å². The van der Waals surface area contributed by atoms with Crippen LogP contribution in [0.5, 0.6) is 5.75 Å². The minimum absolute atomic E-state index is 0.0852. The lowest BCUT2D eigenvalue weighted by molar-refractivity contribution is -0.121. The molecule has 2 aromatic rings. The Kier molecular flexibility index (Phi) is 6.60. The van der Waals surface area contributed by atoms with Gasteiger partial charge in [0.15, 0.2) is 0 Å². The Balaban J connectivity index is 1.86. The number of hydrogen-bond acceptors (Lipinski definition) is 3. The third kappa shape index (κ3) is 5.09. The predicted molar refractivity (Wildman–Crippen MR) is 94.7 cm³/mol. The van der Waals surface area contributed by atoms with Crippen LogP contribution in [0.4, 0.5) is 0 Å². The molecule has 0 atom stereocenters. The van der Waals surface area contributed by atoms with Crippen LogP contribution in [-0.2, 0) is 4.79 Å². The molecule has 0 radical (unpaired) electrons. The van der Waals surface area contributed by atoms with E-state index in [1.165, 1.54) is 25.5 Å². The van der Waals surface area contributed by atoms with Gasteiger partial charge in [-0.05, 0) is 17.9 Å². The summed E-state index contributed by atoms with van der Waals surface area (Å²) in [5.41, 5.74) is 3.11. The minimum Gasteiger partial charge on any atom is -0.507 e. The molecule has 0 aliphatic carbocycles. The van der Waals surface area contributed by atoms with Crippen LogP contribution in [0.15, 0.2) is 41.5 Å². The zero-order chi connectivity index (χ0) is 16.5. The van der Waals surface area contributed by atoms with Crippen LogP contribution in [0, 0.1) is 0 Å². The van der Waals surface area contributed by atoms with Crippen LogP contribution in [0.3, 0.4) is 0 Å². The number of aromatic hydroxyl groups is 1. The summed E-state index contributed by atoms with van der Waals surface area (Å²) in [6.07, 6.45) is 7.55. The van der Waals surface area contributed by atoms with Gasteiger partial charge in [-0.3, -0.25) is 4.79 Å². The van der Waals surface area contributed by atoms with Crippen molar-refractivity contribution >= 4 is 22.9 Å². The number of fused-ring (bicyclic) bond motifs is 1. The van der Waals surface area contributed by atoms with Crippen molar-refractivity contribution in [2.75, 3.05) is 0 Å². The highest BCUT2D eigenvalue weighted by Gasteiger charge is 2.04. The van der Waals surface area contributed by atoms with Gasteiger partial charge in [-0.1, -0.05) is 62.9 Å². The first-order valence-corrected chi connectivity index (χ1v) is 8.25. The summed E-state index contributed by atoms with van der Waals surface area (Å²) in [6.45, 7) is 2.17. The van der Waals surface area contributed by atoms with E-state index < -0.39 is 0 Å². The fourth-order valence-electron chi connectivity index (χ4n) is 2.49. The molecule has 2 aromatic carbocycles. The van der Waals surface area contributed by atoms with E-state index in [4.69, 9.17) is 0 Å². The minimum atomic E-state index is -0.0852. The molecule has 4 heteroatoms. The van der Waals surface area contributed by atoms with Gasteiger partial charge in [0.2, 0.25) is 5.91 Å². The zero-order valence-electron chi connectivity index (χ0n) is 13.6. The number of phenols is 1. The average Bonchev–Trinajstić information content (AvgIpc) is 2.57. The SMILES string of the molecule is CCCCCCCC(=O)N/N=C/c1ccc2ccccc2c1O. The summed E-state index contributed by atoms with van der Waals surface area (Å²) in [5, 5.41) is 15.9. The Morgan fingerprint density at radius 2 is 1.91 bits per heavy atom. The number of unbranched alkanes of at least 4 members (excludes halogenated alkanes) is 4. The quantitative estimate of drug-likeness (QED) is 0.432. The molecule has 2 rings (SSSR count). The molecular weight excluding hydrogens is 288 g/mol. The van der Waals surface area contributed by atoms with E-state index in [1.54, 1.807) is 6.07 Å². The molecule has 1 amide bonds. The van der Waals surface area contributed by atoms with Crippen molar-refractivity contribution in [3.63, 3.8) is 0 Å². The summed E-state index contributed by atoms with van der Waals surface area (Å²) in [4.78, 5) is 11.7. The molecule has 2 N–H and O–H groups in total. The third-order valence-electron chi connectivity index (χ3n) is 3.83. The number of nitrogens with zero attached hydrogens (tertiary/aromatic N) is 1. The van der Waals surface area contributed by atoms with E-state index in [0.29, 0.717) is 12.0 Å². The number of hydrogen-bond donors (Lipinski definition) is 2. The van der Waals surface area contributed by atoms with Crippen LogP contribution in [0.25, 0.3) is 10.8 Å². The van der Waals surface area contributed by atoms with Crippen LogP contribution in [0.1, 0.15) is 51.0 Å². The van der Waals surface area contributed by atoms with Gasteiger partial charge < -0.3 is 5.11 Å². The lowest BCUT2D eigenvalue weighted by Gasteiger charge is -2.04. The Morgan fingerprint density at radius 3 is 2.74 bits per heavy atom. The van der Waals surface area contributed by atoms with E-state index in [-0.39, 0.29) is 11.7 Å². The fourth-order valence-corrected chi connectivity index (χ4v) is 2.49. The average molecular weight is 312 g/mol. The summed E-state index contributed by atoms with van der Waals surface area (Å²) in [7, 11) is 0. The molecule has 0 saturated heterocycles. The van der Waals surface area contributed by atoms with Crippen molar-refractivity contribution in [2.24, 2.45) is 5.10 Å². The largest absolute Gasteiger partial charge is 0.507 e. The van der Waals surface area contributed by atoms with Crippen LogP contribution >= 0.6 is 0 Å². The number of amides is 1. The Morgan fingerprint density at radius 1 is 1.13 bits per heavy atom. The highest BCUT2D eigenvalue weighted by atomic mass is 16.3. The molecule has 0 bridgehead atoms. The van der Waals surface area contributed by atoms with Gasteiger partial charge in [0.05, 0.1) is 6.21 Å². The summed E-state index contributed by atoms with van der Waals surface area (Å²) in [5.74, 6) is 0.0960. The number of carbonyl (C=O) groups excluding carboxylic acids is 1. The van der Waals surface area contributed by atoms with E-state index in [1.807, 2.05) is 30.3 Å². The van der Waals surface area contributed by atoms with Gasteiger partial charge in [0, 0.05) is 17.4 Å². The highest BCUT2D eigenvalue weighted by Crippen LogP contribution is 2.27. The lowest BCUT2D eigenvalue weighted by atomic mass is 10.1. The topological polar surface area (TPSA) is 61.7 Å². The first kappa shape index (κ1) is 17.0. The zero-order valence-corrected chi connectivity index (χ0v) is 13.6. The predicted octanol–water partition coefficient (Wildman–Crippen LogP) is 4.36. The smallest absolute Gasteiger partial charge is 0.240 e. The molecular formula is C19H24N2O2. The number of hydrazone groups is 1. The number of nitrogens with one attached hydrogen (secondary N) is 1. The Hall–Kier alpha value is -2.36. The summed E-state index contributed by atoms with van der Waals surface area (Å²) >= 11 is 0. The molecule has 23 heavy (non-hydrogen) atoms. The molecule has 4 nitrogen and oxygen atoms in total. The van der Waals surface area contributed by atoms with Crippen molar-refractivity contribution in [1.82, 2.24) is 5.43 Å². The second-order valence-corrected chi connectivity index (χ2v) is 5.68. The summed E-state index contributed by atoms with van der Waals surface area (Å²) in [6, 6.07) is 11.3. The molecule has 0 spiro atoms. The molecule has 0 heterocycles. The van der Waals surface area contributed by atoms with Crippen molar-refractivity contribution in [1.29, 1.82) is 0 Å². The fraction of sp³-hybridized carbons (Fsp3) is 0.368. The number of benzene rings is 2. The first-order chi connectivity index (χ1) is 11.2. The second-order valence-electron chi connectivity index (χ2n) is 5.68. The molecule has 122 valence electrons. The molecule has 0 saturated carbocycles. The van der Waals surface area contributed by atoms with Gasteiger partial charge >= 0.3 is 0 Å². The molecule has 0 aromatic heterocycles. The van der Waals surface area contributed by atoms with E-state index in [2.05, 4.69) is 17.5 Å². The molecule has 0 unspecified atom stereocenters. The maximum Gasteiger partial charge on any atom is 0.240 e. The van der Waals surface area contributed by atoms with Gasteiger partial charge in [0.25, 0.3) is 0 Å². The maximum atomic E-state index is 11.7. The van der Waals surface area contributed by atoms with Crippen molar-refractivity contribution in [3.05, 3.63) is 42.0 Å². The van der Waals surface area contributed by atoms with Crippen molar-refractivity contribution < 1.29 is 9.90 Å². The highest BCUT2D eigenvalue weighted by molar-refractivity contribution is 5.97. The van der Waals surface area contributed by atoms with E-state index >= 15 is 0 Å². The molecule has 0 aliphatic heterocycles. The van der Waals surface area contributed by atoms with Crippen LogP contribution < -0.4 is 5.43 Å². The Labute approximate surface area is 137 Å². The van der Waals surface area contributed by atoms with Gasteiger partial charge in [-0.2, -0.15) is 5.10 Å². The van der Waals surface area contributed by atoms with Gasteiger partial charge in [-0.25, -0.2) is 5.43 Å². The number of carbonyl (C=O) groups is 1. The van der Waals surface area contributed by atoms with Gasteiger partial charge in [0.1, 0.15) is 5.75 Å². The Bertz CT molecular complexity index is 680. The van der Waals surface area contributed by atoms with Crippen molar-refractivity contribution in [3.8, 4) is 5.75 Å². The summed E-state index contributed by atoms with van der Waals surface area (Å²) < 4.78 is 0. The molecule has 0 fully saturated rings. The van der Waals surface area contributed by atoms with Gasteiger partial charge in [-0.15, -0.1) is 0 Å². The first-order valence-electron chi connectivity index (χ1n) is 8.25. The molecule has 0 aliphatic rings. The third-order valence-corrected chi connectivity index (χ3v) is 3.83. The number of rotatable bonds is 8. The number of phenolic OH excluding ortho intramolecular Hbond substituents is 1. The van der Waals surface area contributed by atoms with E-state index in [0.717, 1.165) is 23.6 Å². The standard InChI is InChI=1S/C19H24N2O2/c1-2-3-4-5-6-11-18(22)21-20-14-16-13-12-15-9-7-8-10-17(15)19(16)23/h7-10,12-14,23H,2-6,11H2,1H3,(H,21,22)/b20-14+. The van der Waals surface area contributed by atoms with Crippen LogP contribution in [0.2, 0.25) is 0 Å². The monoisotopic (exact) mass is 312 g/mol.